The van der Waals surface area contributed by atoms with E-state index in [0.717, 1.165) is 34.8 Å². The Balaban J connectivity index is 1.93. The molecule has 0 aromatic heterocycles. The smallest absolute Gasteiger partial charge is 0.0580 e. The molecule has 18 heavy (non-hydrogen) atoms. The number of benzene rings is 1. The third-order valence-electron chi connectivity index (χ3n) is 3.73. The van der Waals surface area contributed by atoms with Gasteiger partial charge in [0.2, 0.25) is 0 Å². The standard InChI is InChI=1S/C14H19Br2NO/c1-9(12-6-5-11(15)7-13(12)16)17-8-10-3-2-4-14(10)18/h5-7,9-10,14,17-18H,2-4,8H2,1H3. The quantitative estimate of drug-likeness (QED) is 0.831. The topological polar surface area (TPSA) is 32.3 Å². The zero-order chi connectivity index (χ0) is 13.1. The fraction of sp³-hybridized carbons (Fsp3) is 0.571. The Kier molecular flexibility index (Phi) is 5.24. The second-order valence-electron chi connectivity index (χ2n) is 5.05. The van der Waals surface area contributed by atoms with Crippen molar-refractivity contribution in [3.63, 3.8) is 0 Å². The number of rotatable bonds is 4. The monoisotopic (exact) mass is 375 g/mol. The number of aliphatic hydroxyl groups is 1. The van der Waals surface area contributed by atoms with E-state index in [2.05, 4.69) is 62.3 Å². The van der Waals surface area contributed by atoms with Gasteiger partial charge in [-0.25, -0.2) is 0 Å². The predicted molar refractivity (Wildman–Crippen MR) is 81.6 cm³/mol. The Bertz CT molecular complexity index is 411. The molecule has 1 fully saturated rings. The lowest BCUT2D eigenvalue weighted by Gasteiger charge is -2.20. The van der Waals surface area contributed by atoms with E-state index in [1.165, 1.54) is 5.56 Å². The Labute approximate surface area is 125 Å². The third-order valence-corrected chi connectivity index (χ3v) is 4.91. The van der Waals surface area contributed by atoms with Gasteiger partial charge in [-0.15, -0.1) is 0 Å². The van der Waals surface area contributed by atoms with Crippen molar-refractivity contribution < 1.29 is 5.11 Å². The summed E-state index contributed by atoms with van der Waals surface area (Å²) in [7, 11) is 0. The van der Waals surface area contributed by atoms with Crippen LogP contribution in [0, 0.1) is 5.92 Å². The highest BCUT2D eigenvalue weighted by Crippen LogP contribution is 2.28. The van der Waals surface area contributed by atoms with E-state index in [9.17, 15) is 5.11 Å². The van der Waals surface area contributed by atoms with Crippen molar-refractivity contribution in [2.75, 3.05) is 6.54 Å². The minimum absolute atomic E-state index is 0.113. The highest BCUT2D eigenvalue weighted by molar-refractivity contribution is 9.11. The molecule has 0 spiro atoms. The maximum Gasteiger partial charge on any atom is 0.0580 e. The van der Waals surface area contributed by atoms with Crippen LogP contribution in [0.3, 0.4) is 0 Å². The van der Waals surface area contributed by atoms with Crippen LogP contribution in [-0.4, -0.2) is 17.8 Å². The number of hydrogen-bond donors (Lipinski definition) is 2. The summed E-state index contributed by atoms with van der Waals surface area (Å²) < 4.78 is 2.19. The van der Waals surface area contributed by atoms with Crippen LogP contribution < -0.4 is 5.32 Å². The van der Waals surface area contributed by atoms with Gasteiger partial charge in [0.25, 0.3) is 0 Å². The van der Waals surface area contributed by atoms with Gasteiger partial charge in [0, 0.05) is 21.5 Å². The van der Waals surface area contributed by atoms with E-state index >= 15 is 0 Å². The zero-order valence-corrected chi connectivity index (χ0v) is 13.7. The average molecular weight is 377 g/mol. The molecule has 3 unspecified atom stereocenters. The lowest BCUT2D eigenvalue weighted by molar-refractivity contribution is 0.130. The molecule has 2 nitrogen and oxygen atoms in total. The number of halogens is 2. The number of hydrogen-bond acceptors (Lipinski definition) is 2. The Morgan fingerprint density at radius 2 is 2.17 bits per heavy atom. The van der Waals surface area contributed by atoms with E-state index in [1.807, 2.05) is 0 Å². The molecule has 3 atom stereocenters. The van der Waals surface area contributed by atoms with E-state index < -0.39 is 0 Å². The fourth-order valence-electron chi connectivity index (χ4n) is 2.55. The Hall–Kier alpha value is 0.1000. The van der Waals surface area contributed by atoms with Crippen molar-refractivity contribution in [3.05, 3.63) is 32.7 Å². The van der Waals surface area contributed by atoms with Crippen LogP contribution in [0.15, 0.2) is 27.1 Å². The molecule has 0 amide bonds. The van der Waals surface area contributed by atoms with Crippen LogP contribution >= 0.6 is 31.9 Å². The van der Waals surface area contributed by atoms with Gasteiger partial charge in [0.1, 0.15) is 0 Å². The first-order chi connectivity index (χ1) is 8.58. The maximum atomic E-state index is 9.81. The Morgan fingerprint density at radius 3 is 2.78 bits per heavy atom. The minimum Gasteiger partial charge on any atom is -0.393 e. The van der Waals surface area contributed by atoms with Crippen molar-refractivity contribution in [2.24, 2.45) is 5.92 Å². The van der Waals surface area contributed by atoms with E-state index in [-0.39, 0.29) is 6.10 Å². The second kappa shape index (κ2) is 6.51. The first kappa shape index (κ1) is 14.5. The summed E-state index contributed by atoms with van der Waals surface area (Å²) in [6.45, 7) is 3.06. The first-order valence-electron chi connectivity index (χ1n) is 6.44. The van der Waals surface area contributed by atoms with Crippen LogP contribution in [0.25, 0.3) is 0 Å². The van der Waals surface area contributed by atoms with Gasteiger partial charge < -0.3 is 10.4 Å². The highest BCUT2D eigenvalue weighted by Gasteiger charge is 2.25. The highest BCUT2D eigenvalue weighted by atomic mass is 79.9. The SMILES string of the molecule is CC(NCC1CCCC1O)c1ccc(Br)cc1Br. The maximum absolute atomic E-state index is 9.81. The summed E-state index contributed by atoms with van der Waals surface area (Å²) in [6, 6.07) is 6.54. The molecule has 1 saturated carbocycles. The summed E-state index contributed by atoms with van der Waals surface area (Å²) in [6.07, 6.45) is 3.15. The van der Waals surface area contributed by atoms with Crippen LogP contribution in [0.2, 0.25) is 0 Å². The molecule has 0 aliphatic heterocycles. The number of nitrogens with one attached hydrogen (secondary N) is 1. The molecule has 1 aliphatic carbocycles. The molecule has 1 aliphatic rings. The first-order valence-corrected chi connectivity index (χ1v) is 8.03. The summed E-state index contributed by atoms with van der Waals surface area (Å²) >= 11 is 7.06. The van der Waals surface area contributed by atoms with Gasteiger partial charge in [-0.3, -0.25) is 0 Å². The molecule has 2 rings (SSSR count). The van der Waals surface area contributed by atoms with E-state index in [1.54, 1.807) is 0 Å². The van der Waals surface area contributed by atoms with Gasteiger partial charge in [0.15, 0.2) is 0 Å². The molecule has 0 saturated heterocycles. The van der Waals surface area contributed by atoms with Crippen molar-refractivity contribution in [1.82, 2.24) is 5.32 Å². The molecule has 1 aromatic rings. The van der Waals surface area contributed by atoms with Crippen LogP contribution in [0.4, 0.5) is 0 Å². The van der Waals surface area contributed by atoms with Crippen LogP contribution in [0.5, 0.6) is 0 Å². The lowest BCUT2D eigenvalue weighted by Crippen LogP contribution is -2.29. The van der Waals surface area contributed by atoms with Gasteiger partial charge >= 0.3 is 0 Å². The van der Waals surface area contributed by atoms with Gasteiger partial charge in [-0.1, -0.05) is 44.3 Å². The van der Waals surface area contributed by atoms with E-state index in [4.69, 9.17) is 0 Å². The Morgan fingerprint density at radius 1 is 1.39 bits per heavy atom. The average Bonchev–Trinajstić information content (AvgIpc) is 2.72. The van der Waals surface area contributed by atoms with Crippen molar-refractivity contribution >= 4 is 31.9 Å². The second-order valence-corrected chi connectivity index (χ2v) is 6.82. The summed E-state index contributed by atoms with van der Waals surface area (Å²) in [5, 5.41) is 13.3. The normalized spacial score (nSPS) is 25.3. The molecule has 2 N–H and O–H groups in total. The molecule has 1 aromatic carbocycles. The summed E-state index contributed by atoms with van der Waals surface area (Å²) in [5.74, 6) is 0.418. The van der Waals surface area contributed by atoms with Crippen molar-refractivity contribution in [3.8, 4) is 0 Å². The zero-order valence-electron chi connectivity index (χ0n) is 10.5. The third kappa shape index (κ3) is 3.56. The molecular weight excluding hydrogens is 358 g/mol. The molecule has 0 bridgehead atoms. The van der Waals surface area contributed by atoms with Crippen molar-refractivity contribution in [2.45, 2.75) is 38.3 Å². The fourth-order valence-corrected chi connectivity index (χ4v) is 3.94. The molecular formula is C14H19Br2NO. The van der Waals surface area contributed by atoms with Gasteiger partial charge in [-0.2, -0.15) is 0 Å². The largest absolute Gasteiger partial charge is 0.393 e. The van der Waals surface area contributed by atoms with Crippen LogP contribution in [0.1, 0.15) is 37.8 Å². The predicted octanol–water partition coefficient (Wildman–Crippen LogP) is 4.02. The number of aliphatic hydroxyl groups excluding tert-OH is 1. The molecule has 4 heteroatoms. The van der Waals surface area contributed by atoms with Gasteiger partial charge in [-0.05, 0) is 43.4 Å². The summed E-state index contributed by atoms with van der Waals surface area (Å²) in [4.78, 5) is 0. The molecule has 0 heterocycles. The lowest BCUT2D eigenvalue weighted by atomic mass is 10.0. The van der Waals surface area contributed by atoms with E-state index in [0.29, 0.717) is 12.0 Å². The minimum atomic E-state index is -0.113. The van der Waals surface area contributed by atoms with Gasteiger partial charge in [0.05, 0.1) is 6.10 Å². The van der Waals surface area contributed by atoms with Crippen LogP contribution in [-0.2, 0) is 0 Å². The summed E-state index contributed by atoms with van der Waals surface area (Å²) in [5.41, 5.74) is 1.26. The molecule has 0 radical (unpaired) electrons. The van der Waals surface area contributed by atoms with Crippen molar-refractivity contribution in [1.29, 1.82) is 0 Å². The molecule has 100 valence electrons.